The maximum atomic E-state index is 9.54. The molecular weight excluding hydrogens is 246 g/mol. The molecular formula is C17H29N3. The van der Waals surface area contributed by atoms with Crippen LogP contribution in [-0.4, -0.2) is 25.1 Å². The second kappa shape index (κ2) is 8.94. The molecule has 3 nitrogen and oxygen atoms in total. The summed E-state index contributed by atoms with van der Waals surface area (Å²) in [6.45, 7) is 7.55. The molecule has 1 aliphatic carbocycles. The van der Waals surface area contributed by atoms with E-state index in [9.17, 15) is 5.26 Å². The third-order valence-corrected chi connectivity index (χ3v) is 4.53. The summed E-state index contributed by atoms with van der Waals surface area (Å²) in [6.07, 6.45) is 13.0. The molecule has 20 heavy (non-hydrogen) atoms. The number of rotatable bonds is 3. The fourth-order valence-corrected chi connectivity index (χ4v) is 3.04. The topological polar surface area (TPSA) is 39.1 Å². The lowest BCUT2D eigenvalue weighted by Gasteiger charge is -2.42. The van der Waals surface area contributed by atoms with Crippen LogP contribution in [0.25, 0.3) is 0 Å². The van der Waals surface area contributed by atoms with Gasteiger partial charge in [0.25, 0.3) is 0 Å². The minimum Gasteiger partial charge on any atom is -0.258 e. The van der Waals surface area contributed by atoms with Crippen LogP contribution in [0.1, 0.15) is 45.4 Å². The Kier molecular flexibility index (Phi) is 7.58. The van der Waals surface area contributed by atoms with Crippen LogP contribution in [0, 0.1) is 22.7 Å². The van der Waals surface area contributed by atoms with E-state index in [1.54, 1.807) is 0 Å². The van der Waals surface area contributed by atoms with E-state index >= 15 is 0 Å². The molecule has 2 aliphatic rings. The minimum atomic E-state index is -0.0574. The quantitative estimate of drug-likeness (QED) is 0.799. The highest BCUT2D eigenvalue weighted by Gasteiger charge is 2.41. The summed E-state index contributed by atoms with van der Waals surface area (Å²) in [4.78, 5) is 0. The Balaban J connectivity index is 0.000000444. The summed E-state index contributed by atoms with van der Waals surface area (Å²) in [5.74, 6) is 0.585. The van der Waals surface area contributed by atoms with Crippen LogP contribution in [0.4, 0.5) is 0 Å². The predicted molar refractivity (Wildman–Crippen MR) is 84.9 cm³/mol. The van der Waals surface area contributed by atoms with Gasteiger partial charge in [-0.3, -0.25) is 5.43 Å². The van der Waals surface area contributed by atoms with Gasteiger partial charge < -0.3 is 0 Å². The van der Waals surface area contributed by atoms with Gasteiger partial charge in [0.05, 0.1) is 11.5 Å². The Labute approximate surface area is 124 Å². The third-order valence-electron chi connectivity index (χ3n) is 4.53. The first-order valence-corrected chi connectivity index (χ1v) is 7.82. The van der Waals surface area contributed by atoms with E-state index < -0.39 is 0 Å². The molecule has 0 bridgehead atoms. The zero-order valence-electron chi connectivity index (χ0n) is 13.1. The first-order chi connectivity index (χ1) is 9.72. The second-order valence-electron chi connectivity index (χ2n) is 5.66. The van der Waals surface area contributed by atoms with Gasteiger partial charge in [0.2, 0.25) is 0 Å². The van der Waals surface area contributed by atoms with Crippen molar-refractivity contribution in [1.29, 1.82) is 5.26 Å². The van der Waals surface area contributed by atoms with Gasteiger partial charge in [-0.1, -0.05) is 25.2 Å². The van der Waals surface area contributed by atoms with Crippen LogP contribution in [0.2, 0.25) is 0 Å². The van der Waals surface area contributed by atoms with Crippen molar-refractivity contribution in [2.24, 2.45) is 11.3 Å². The Hall–Kier alpha value is -1.11. The van der Waals surface area contributed by atoms with Crippen LogP contribution in [0.5, 0.6) is 0 Å². The van der Waals surface area contributed by atoms with Gasteiger partial charge in [0, 0.05) is 13.1 Å². The monoisotopic (exact) mass is 275 g/mol. The van der Waals surface area contributed by atoms with Crippen molar-refractivity contribution in [1.82, 2.24) is 10.4 Å². The van der Waals surface area contributed by atoms with Gasteiger partial charge in [-0.05, 0) is 51.5 Å². The second-order valence-corrected chi connectivity index (χ2v) is 5.66. The van der Waals surface area contributed by atoms with Gasteiger partial charge in [0.15, 0.2) is 0 Å². The number of piperidine rings is 1. The van der Waals surface area contributed by atoms with E-state index in [0.717, 1.165) is 45.2 Å². The van der Waals surface area contributed by atoms with Gasteiger partial charge in [-0.15, -0.1) is 6.58 Å². The number of hydrogen-bond acceptors (Lipinski definition) is 3. The number of hydrazine groups is 1. The number of nitriles is 1. The lowest BCUT2D eigenvalue weighted by Crippen LogP contribution is -2.47. The molecule has 0 amide bonds. The normalized spacial score (nSPS) is 25.1. The van der Waals surface area contributed by atoms with E-state index in [0.29, 0.717) is 5.92 Å². The molecule has 1 atom stereocenters. The molecule has 0 spiro atoms. The standard InChI is InChI=1S/C13H21N3.C4H8/c1-15-16-9-7-13(11-14,8-10-16)12-5-3-2-4-6-12;1-3-4-2/h2-3,12,15H,4-10H2,1H3;3H,1,4H2,2H3. The van der Waals surface area contributed by atoms with Crippen LogP contribution in [0.15, 0.2) is 24.8 Å². The molecule has 0 aromatic carbocycles. The lowest BCUT2D eigenvalue weighted by atomic mass is 9.66. The van der Waals surface area contributed by atoms with Crippen LogP contribution in [-0.2, 0) is 0 Å². The van der Waals surface area contributed by atoms with E-state index in [1.807, 2.05) is 13.1 Å². The highest BCUT2D eigenvalue weighted by Crippen LogP contribution is 2.43. The maximum absolute atomic E-state index is 9.54. The number of nitrogens with zero attached hydrogens (tertiary/aromatic N) is 2. The van der Waals surface area contributed by atoms with E-state index in [-0.39, 0.29) is 5.41 Å². The molecule has 1 aliphatic heterocycles. The molecule has 1 fully saturated rings. The first-order valence-electron chi connectivity index (χ1n) is 7.82. The molecule has 0 aromatic heterocycles. The maximum Gasteiger partial charge on any atom is 0.0693 e. The van der Waals surface area contributed by atoms with Crippen molar-refractivity contribution >= 4 is 0 Å². The summed E-state index contributed by atoms with van der Waals surface area (Å²) in [5.41, 5.74) is 3.12. The van der Waals surface area contributed by atoms with Crippen molar-refractivity contribution in [2.45, 2.75) is 45.4 Å². The minimum absolute atomic E-state index is 0.0574. The first kappa shape index (κ1) is 16.9. The van der Waals surface area contributed by atoms with Crippen molar-refractivity contribution < 1.29 is 0 Å². The average molecular weight is 275 g/mol. The SMILES string of the molecule is C=CCC.CNN1CCC(C#N)(C2CC=CCC2)CC1. The van der Waals surface area contributed by atoms with Gasteiger partial charge in [0.1, 0.15) is 0 Å². The Bertz CT molecular complexity index is 346. The molecule has 1 heterocycles. The van der Waals surface area contributed by atoms with Crippen LogP contribution in [0.3, 0.4) is 0 Å². The highest BCUT2D eigenvalue weighted by atomic mass is 15.5. The number of allylic oxidation sites excluding steroid dienone is 3. The highest BCUT2D eigenvalue weighted by molar-refractivity contribution is 5.09. The van der Waals surface area contributed by atoms with E-state index in [2.05, 4.69) is 42.2 Å². The Morgan fingerprint density at radius 3 is 2.50 bits per heavy atom. The van der Waals surface area contributed by atoms with Crippen molar-refractivity contribution in [3.8, 4) is 6.07 Å². The molecule has 1 saturated heterocycles. The molecule has 112 valence electrons. The van der Waals surface area contributed by atoms with Gasteiger partial charge in [-0.25, -0.2) is 5.01 Å². The van der Waals surface area contributed by atoms with Crippen molar-refractivity contribution in [3.05, 3.63) is 24.8 Å². The molecule has 1 unspecified atom stereocenters. The molecule has 0 aromatic rings. The van der Waals surface area contributed by atoms with Crippen LogP contribution >= 0.6 is 0 Å². The zero-order chi connectivity index (χ0) is 14.8. The fraction of sp³-hybridized carbons (Fsp3) is 0.706. The largest absolute Gasteiger partial charge is 0.258 e. The van der Waals surface area contributed by atoms with Gasteiger partial charge in [-0.2, -0.15) is 5.26 Å². The van der Waals surface area contributed by atoms with Gasteiger partial charge >= 0.3 is 0 Å². The summed E-state index contributed by atoms with van der Waals surface area (Å²) in [6, 6.07) is 2.64. The molecule has 3 heteroatoms. The van der Waals surface area contributed by atoms with E-state index in [1.165, 1.54) is 6.42 Å². The molecule has 1 N–H and O–H groups in total. The van der Waals surface area contributed by atoms with Crippen molar-refractivity contribution in [2.75, 3.05) is 20.1 Å². The Morgan fingerprint density at radius 1 is 1.45 bits per heavy atom. The summed E-state index contributed by atoms with van der Waals surface area (Å²) >= 11 is 0. The number of nitrogens with one attached hydrogen (secondary N) is 1. The fourth-order valence-electron chi connectivity index (χ4n) is 3.04. The molecule has 0 radical (unpaired) electrons. The predicted octanol–water partition coefficient (Wildman–Crippen LogP) is 3.67. The lowest BCUT2D eigenvalue weighted by molar-refractivity contribution is 0.0650. The summed E-state index contributed by atoms with van der Waals surface area (Å²) in [7, 11) is 1.96. The molecule has 0 saturated carbocycles. The molecule has 2 rings (SSSR count). The average Bonchev–Trinajstić information content (AvgIpc) is 2.56. The zero-order valence-corrected chi connectivity index (χ0v) is 13.1. The Morgan fingerprint density at radius 2 is 2.10 bits per heavy atom. The summed E-state index contributed by atoms with van der Waals surface area (Å²) in [5, 5.41) is 11.8. The van der Waals surface area contributed by atoms with Crippen molar-refractivity contribution in [3.63, 3.8) is 0 Å². The van der Waals surface area contributed by atoms with E-state index in [4.69, 9.17) is 0 Å². The van der Waals surface area contributed by atoms with Crippen LogP contribution < -0.4 is 5.43 Å². The smallest absolute Gasteiger partial charge is 0.0693 e. The third kappa shape index (κ3) is 4.47. The number of hydrogen-bond donors (Lipinski definition) is 1. The summed E-state index contributed by atoms with van der Waals surface area (Å²) < 4.78 is 0.